The van der Waals surface area contributed by atoms with Gasteiger partial charge in [-0.05, 0) is 5.92 Å². The van der Waals surface area contributed by atoms with E-state index >= 15 is 0 Å². The Balaban J connectivity index is 2.20. The van der Waals surface area contributed by atoms with Gasteiger partial charge in [0, 0.05) is 12.8 Å². The fourth-order valence-corrected chi connectivity index (χ4v) is 1.95. The molecule has 1 aliphatic carbocycles. The molecule has 0 N–H and O–H groups in total. The minimum atomic E-state index is 0.0861. The Morgan fingerprint density at radius 3 is 2.31 bits per heavy atom. The molecule has 0 aromatic heterocycles. The van der Waals surface area contributed by atoms with E-state index in [0.717, 1.165) is 0 Å². The van der Waals surface area contributed by atoms with Crippen LogP contribution < -0.4 is 0 Å². The Hall–Kier alpha value is -0.660. The highest BCUT2D eigenvalue weighted by Gasteiger charge is 2.19. The standard InChI is InChI=1S/C11H18O2/c1-2-10(12)8-11(13)7-9-5-3-4-6-9/h9H,2-8H2,1H3. The van der Waals surface area contributed by atoms with Crippen molar-refractivity contribution in [3.05, 3.63) is 0 Å². The number of rotatable bonds is 5. The molecule has 0 atom stereocenters. The summed E-state index contributed by atoms with van der Waals surface area (Å²) in [5, 5.41) is 0. The topological polar surface area (TPSA) is 34.1 Å². The summed E-state index contributed by atoms with van der Waals surface area (Å²) in [6.45, 7) is 1.81. The minimum Gasteiger partial charge on any atom is -0.299 e. The van der Waals surface area contributed by atoms with Crippen molar-refractivity contribution in [3.63, 3.8) is 0 Å². The monoisotopic (exact) mass is 182 g/mol. The first-order valence-electron chi connectivity index (χ1n) is 5.25. The van der Waals surface area contributed by atoms with E-state index in [1.807, 2.05) is 6.92 Å². The lowest BCUT2D eigenvalue weighted by molar-refractivity contribution is -0.127. The zero-order valence-corrected chi connectivity index (χ0v) is 8.34. The van der Waals surface area contributed by atoms with Crippen molar-refractivity contribution in [1.82, 2.24) is 0 Å². The molecule has 2 nitrogen and oxygen atoms in total. The second-order valence-corrected chi connectivity index (χ2v) is 3.96. The third kappa shape index (κ3) is 3.71. The lowest BCUT2D eigenvalue weighted by Gasteiger charge is -2.06. The van der Waals surface area contributed by atoms with Crippen molar-refractivity contribution < 1.29 is 9.59 Å². The molecule has 0 amide bonds. The smallest absolute Gasteiger partial charge is 0.140 e. The average Bonchev–Trinajstić information content (AvgIpc) is 2.56. The van der Waals surface area contributed by atoms with E-state index in [9.17, 15) is 9.59 Å². The van der Waals surface area contributed by atoms with E-state index in [1.165, 1.54) is 25.7 Å². The lowest BCUT2D eigenvalue weighted by Crippen LogP contribution is -2.10. The van der Waals surface area contributed by atoms with Gasteiger partial charge in [-0.15, -0.1) is 0 Å². The maximum absolute atomic E-state index is 11.3. The molecule has 0 unspecified atom stereocenters. The zero-order chi connectivity index (χ0) is 9.68. The van der Waals surface area contributed by atoms with E-state index in [0.29, 0.717) is 18.8 Å². The van der Waals surface area contributed by atoms with E-state index in [1.54, 1.807) is 0 Å². The van der Waals surface area contributed by atoms with Gasteiger partial charge in [0.05, 0.1) is 6.42 Å². The first kappa shape index (κ1) is 10.4. The number of carbonyl (C=O) groups is 2. The Bertz CT molecular complexity index is 190. The molecule has 1 rings (SSSR count). The molecule has 0 aliphatic heterocycles. The maximum Gasteiger partial charge on any atom is 0.140 e. The Morgan fingerprint density at radius 1 is 1.15 bits per heavy atom. The summed E-state index contributed by atoms with van der Waals surface area (Å²) in [5.41, 5.74) is 0. The van der Waals surface area contributed by atoms with E-state index < -0.39 is 0 Å². The fourth-order valence-electron chi connectivity index (χ4n) is 1.95. The van der Waals surface area contributed by atoms with Crippen LogP contribution in [0.3, 0.4) is 0 Å². The third-order valence-corrected chi connectivity index (χ3v) is 2.78. The number of carbonyl (C=O) groups excluding carboxylic acids is 2. The van der Waals surface area contributed by atoms with E-state index in [-0.39, 0.29) is 18.0 Å². The highest BCUT2D eigenvalue weighted by molar-refractivity contribution is 5.98. The molecule has 13 heavy (non-hydrogen) atoms. The Kier molecular flexibility index (Phi) is 4.13. The number of hydrogen-bond acceptors (Lipinski definition) is 2. The first-order valence-corrected chi connectivity index (χ1v) is 5.25. The second kappa shape index (κ2) is 5.15. The maximum atomic E-state index is 11.3. The van der Waals surface area contributed by atoms with Crippen molar-refractivity contribution in [2.75, 3.05) is 0 Å². The highest BCUT2D eigenvalue weighted by atomic mass is 16.1. The van der Waals surface area contributed by atoms with Crippen molar-refractivity contribution in [1.29, 1.82) is 0 Å². The summed E-state index contributed by atoms with van der Waals surface area (Å²) in [5.74, 6) is 0.818. The largest absolute Gasteiger partial charge is 0.299 e. The molecule has 1 saturated carbocycles. The average molecular weight is 182 g/mol. The van der Waals surface area contributed by atoms with Crippen LogP contribution in [0, 0.1) is 5.92 Å². The highest BCUT2D eigenvalue weighted by Crippen LogP contribution is 2.27. The molecule has 0 bridgehead atoms. The van der Waals surface area contributed by atoms with Crippen LogP contribution in [0.5, 0.6) is 0 Å². The molecule has 0 aromatic rings. The molecular weight excluding hydrogens is 164 g/mol. The summed E-state index contributed by atoms with van der Waals surface area (Å²) in [4.78, 5) is 22.3. The van der Waals surface area contributed by atoms with Gasteiger partial charge in [0.25, 0.3) is 0 Å². The van der Waals surface area contributed by atoms with Crippen LogP contribution in [0.4, 0.5) is 0 Å². The van der Waals surface area contributed by atoms with Gasteiger partial charge in [0.2, 0.25) is 0 Å². The zero-order valence-electron chi connectivity index (χ0n) is 8.34. The lowest BCUT2D eigenvalue weighted by atomic mass is 9.98. The molecule has 0 heterocycles. The van der Waals surface area contributed by atoms with Gasteiger partial charge < -0.3 is 0 Å². The van der Waals surface area contributed by atoms with Crippen LogP contribution in [-0.4, -0.2) is 11.6 Å². The quantitative estimate of drug-likeness (QED) is 0.612. The van der Waals surface area contributed by atoms with Gasteiger partial charge >= 0.3 is 0 Å². The fraction of sp³-hybridized carbons (Fsp3) is 0.818. The molecule has 74 valence electrons. The van der Waals surface area contributed by atoms with Gasteiger partial charge in [0.15, 0.2) is 0 Å². The van der Waals surface area contributed by atoms with Crippen LogP contribution in [0.1, 0.15) is 51.9 Å². The number of hydrogen-bond donors (Lipinski definition) is 0. The van der Waals surface area contributed by atoms with Crippen LogP contribution in [0.25, 0.3) is 0 Å². The van der Waals surface area contributed by atoms with E-state index in [2.05, 4.69) is 0 Å². The molecule has 0 aromatic carbocycles. The van der Waals surface area contributed by atoms with Gasteiger partial charge in [0.1, 0.15) is 11.6 Å². The molecule has 0 saturated heterocycles. The molecule has 1 fully saturated rings. The molecule has 0 radical (unpaired) electrons. The van der Waals surface area contributed by atoms with Gasteiger partial charge in [-0.2, -0.15) is 0 Å². The van der Waals surface area contributed by atoms with Crippen molar-refractivity contribution in [2.45, 2.75) is 51.9 Å². The SMILES string of the molecule is CCC(=O)CC(=O)CC1CCCC1. The summed E-state index contributed by atoms with van der Waals surface area (Å²) in [6, 6.07) is 0. The van der Waals surface area contributed by atoms with Gasteiger partial charge in [-0.1, -0.05) is 32.6 Å². The predicted octanol–water partition coefficient (Wildman–Crippen LogP) is 2.51. The third-order valence-electron chi connectivity index (χ3n) is 2.78. The minimum absolute atomic E-state index is 0.0861. The Labute approximate surface area is 79.7 Å². The molecular formula is C11H18O2. The number of ketones is 2. The predicted molar refractivity (Wildman–Crippen MR) is 51.5 cm³/mol. The summed E-state index contributed by atoms with van der Waals surface area (Å²) < 4.78 is 0. The Morgan fingerprint density at radius 2 is 1.77 bits per heavy atom. The van der Waals surface area contributed by atoms with Crippen LogP contribution in [0.15, 0.2) is 0 Å². The normalized spacial score (nSPS) is 17.6. The summed E-state index contributed by atoms with van der Waals surface area (Å²) in [6.07, 6.45) is 6.21. The van der Waals surface area contributed by atoms with Crippen molar-refractivity contribution in [3.8, 4) is 0 Å². The van der Waals surface area contributed by atoms with Gasteiger partial charge in [-0.25, -0.2) is 0 Å². The van der Waals surface area contributed by atoms with Crippen LogP contribution >= 0.6 is 0 Å². The molecule has 2 heteroatoms. The molecule has 1 aliphatic rings. The second-order valence-electron chi connectivity index (χ2n) is 3.96. The first-order chi connectivity index (χ1) is 6.22. The molecule has 0 spiro atoms. The van der Waals surface area contributed by atoms with Gasteiger partial charge in [-0.3, -0.25) is 9.59 Å². The summed E-state index contributed by atoms with van der Waals surface area (Å²) >= 11 is 0. The van der Waals surface area contributed by atoms with Crippen LogP contribution in [-0.2, 0) is 9.59 Å². The van der Waals surface area contributed by atoms with Crippen molar-refractivity contribution in [2.24, 2.45) is 5.92 Å². The summed E-state index contributed by atoms with van der Waals surface area (Å²) in [7, 11) is 0. The number of Topliss-reactive ketones (excluding diaryl/α,β-unsaturated/α-hetero) is 2. The van der Waals surface area contributed by atoms with Crippen molar-refractivity contribution >= 4 is 11.6 Å². The van der Waals surface area contributed by atoms with Crippen LogP contribution in [0.2, 0.25) is 0 Å². The van der Waals surface area contributed by atoms with E-state index in [4.69, 9.17) is 0 Å².